The van der Waals surface area contributed by atoms with Gasteiger partial charge in [0.05, 0.1) is 0 Å². The Morgan fingerprint density at radius 2 is 2.11 bits per heavy atom. The van der Waals surface area contributed by atoms with E-state index < -0.39 is 5.56 Å². The molecule has 0 unspecified atom stereocenters. The Kier molecular flexibility index (Phi) is 2.41. The summed E-state index contributed by atoms with van der Waals surface area (Å²) in [5.41, 5.74) is 0.500. The van der Waals surface area contributed by atoms with E-state index in [4.69, 9.17) is 0 Å². The molecule has 6 nitrogen and oxygen atoms in total. The number of para-hydroxylation sites is 2. The first-order valence-electron chi connectivity index (χ1n) is 5.17. The molecule has 3 aromatic rings. The second-order valence-corrected chi connectivity index (χ2v) is 4.44. The standard InChI is InChI=1S/C11H8N4O2S/c1-18-11-13-9-8(10(16)14-11)15(17)7-5-3-2-4-6(7)12-9/h2-5H,1H3,(H,12,13,14,16). The van der Waals surface area contributed by atoms with Gasteiger partial charge in [0, 0.05) is 6.07 Å². The molecule has 0 saturated heterocycles. The first-order valence-corrected chi connectivity index (χ1v) is 6.39. The Morgan fingerprint density at radius 3 is 2.89 bits per heavy atom. The highest BCUT2D eigenvalue weighted by atomic mass is 32.2. The lowest BCUT2D eigenvalue weighted by Gasteiger charge is -2.04. The fourth-order valence-electron chi connectivity index (χ4n) is 1.76. The van der Waals surface area contributed by atoms with Gasteiger partial charge in [-0.1, -0.05) is 23.9 Å². The third-order valence-corrected chi connectivity index (χ3v) is 3.16. The average molecular weight is 260 g/mol. The fraction of sp³-hybridized carbons (Fsp3) is 0.0909. The van der Waals surface area contributed by atoms with Crippen LogP contribution in [0.4, 0.5) is 0 Å². The van der Waals surface area contributed by atoms with Crippen molar-refractivity contribution in [1.82, 2.24) is 15.0 Å². The van der Waals surface area contributed by atoms with Gasteiger partial charge >= 0.3 is 11.1 Å². The van der Waals surface area contributed by atoms with Crippen LogP contribution in [0, 0.1) is 5.21 Å². The Morgan fingerprint density at radius 1 is 1.33 bits per heavy atom. The summed E-state index contributed by atoms with van der Waals surface area (Å²) in [4.78, 5) is 22.8. The van der Waals surface area contributed by atoms with Crippen LogP contribution in [0.3, 0.4) is 0 Å². The highest BCUT2D eigenvalue weighted by Gasteiger charge is 2.17. The third kappa shape index (κ3) is 1.52. The summed E-state index contributed by atoms with van der Waals surface area (Å²) in [7, 11) is 0. The number of rotatable bonds is 1. The van der Waals surface area contributed by atoms with Crippen LogP contribution in [0.15, 0.2) is 34.2 Å². The number of thioether (sulfide) groups is 1. The molecule has 1 aromatic carbocycles. The maximum absolute atomic E-state index is 12.1. The van der Waals surface area contributed by atoms with Crippen LogP contribution in [-0.4, -0.2) is 21.2 Å². The van der Waals surface area contributed by atoms with Gasteiger partial charge in [-0.15, -0.1) is 0 Å². The molecule has 0 spiro atoms. The second-order valence-electron chi connectivity index (χ2n) is 3.64. The van der Waals surface area contributed by atoms with E-state index in [-0.39, 0.29) is 11.2 Å². The van der Waals surface area contributed by atoms with Crippen LogP contribution in [0.2, 0.25) is 0 Å². The van der Waals surface area contributed by atoms with Gasteiger partial charge < -0.3 is 5.21 Å². The van der Waals surface area contributed by atoms with E-state index in [9.17, 15) is 10.0 Å². The van der Waals surface area contributed by atoms with Gasteiger partial charge in [-0.2, -0.15) is 9.71 Å². The van der Waals surface area contributed by atoms with Crippen molar-refractivity contribution < 1.29 is 4.73 Å². The molecule has 2 aromatic heterocycles. The van der Waals surface area contributed by atoms with E-state index in [1.54, 1.807) is 30.5 Å². The summed E-state index contributed by atoms with van der Waals surface area (Å²) >= 11 is 1.29. The molecule has 18 heavy (non-hydrogen) atoms. The van der Waals surface area contributed by atoms with E-state index in [0.717, 1.165) is 0 Å². The fourth-order valence-corrected chi connectivity index (χ4v) is 2.13. The molecule has 0 atom stereocenters. The van der Waals surface area contributed by atoms with Crippen molar-refractivity contribution in [1.29, 1.82) is 0 Å². The van der Waals surface area contributed by atoms with Crippen molar-refractivity contribution in [2.24, 2.45) is 0 Å². The first kappa shape index (κ1) is 11.0. The minimum Gasteiger partial charge on any atom is -0.618 e. The molecule has 0 aliphatic heterocycles. The van der Waals surface area contributed by atoms with E-state index >= 15 is 0 Å². The smallest absolute Gasteiger partial charge is 0.327 e. The van der Waals surface area contributed by atoms with E-state index in [0.29, 0.717) is 20.9 Å². The molecule has 0 aliphatic rings. The van der Waals surface area contributed by atoms with Crippen molar-refractivity contribution in [3.05, 3.63) is 39.8 Å². The zero-order valence-electron chi connectivity index (χ0n) is 9.38. The molecule has 0 bridgehead atoms. The summed E-state index contributed by atoms with van der Waals surface area (Å²) in [6, 6.07) is 6.84. The number of nitrogens with one attached hydrogen (secondary N) is 1. The molecule has 0 aliphatic carbocycles. The Hall–Kier alpha value is -2.15. The SMILES string of the molecule is CSc1nc2nc3ccccc3[n+]([O-])c2c(=O)[nH]1. The third-order valence-electron chi connectivity index (χ3n) is 2.58. The second kappa shape index (κ2) is 3.95. The first-order chi connectivity index (χ1) is 8.70. The Labute approximate surface area is 105 Å². The number of hydrogen-bond acceptors (Lipinski definition) is 5. The lowest BCUT2D eigenvalue weighted by Crippen LogP contribution is -2.35. The van der Waals surface area contributed by atoms with Gasteiger partial charge in [0.2, 0.25) is 11.2 Å². The van der Waals surface area contributed by atoms with Crippen molar-refractivity contribution >= 4 is 34.0 Å². The van der Waals surface area contributed by atoms with Gasteiger partial charge in [-0.25, -0.2) is 4.98 Å². The lowest BCUT2D eigenvalue weighted by atomic mass is 10.3. The van der Waals surface area contributed by atoms with E-state index in [2.05, 4.69) is 15.0 Å². The number of fused-ring (bicyclic) bond motifs is 2. The van der Waals surface area contributed by atoms with Crippen LogP contribution in [0.5, 0.6) is 0 Å². The van der Waals surface area contributed by atoms with Crippen LogP contribution in [0.1, 0.15) is 0 Å². The number of benzene rings is 1. The highest BCUT2D eigenvalue weighted by molar-refractivity contribution is 7.98. The number of hydrogen-bond donors (Lipinski definition) is 1. The molecule has 3 rings (SSSR count). The van der Waals surface area contributed by atoms with Crippen molar-refractivity contribution in [3.8, 4) is 0 Å². The Bertz CT molecular complexity index is 815. The summed E-state index contributed by atoms with van der Waals surface area (Å²) in [5, 5.41) is 12.6. The van der Waals surface area contributed by atoms with Gasteiger partial charge in [0.15, 0.2) is 5.16 Å². The highest BCUT2D eigenvalue weighted by Crippen LogP contribution is 2.12. The predicted octanol–water partition coefficient (Wildman–Crippen LogP) is 0.827. The minimum absolute atomic E-state index is 0.0634. The summed E-state index contributed by atoms with van der Waals surface area (Å²) in [5.74, 6) is 0. The monoisotopic (exact) mass is 260 g/mol. The lowest BCUT2D eigenvalue weighted by molar-refractivity contribution is -0.549. The maximum Gasteiger partial charge on any atom is 0.327 e. The van der Waals surface area contributed by atoms with Crippen LogP contribution < -0.4 is 10.3 Å². The Balaban J connectivity index is 2.55. The maximum atomic E-state index is 12.1. The molecule has 0 fully saturated rings. The zero-order valence-corrected chi connectivity index (χ0v) is 10.2. The number of aromatic amines is 1. The quantitative estimate of drug-likeness (QED) is 0.230. The van der Waals surface area contributed by atoms with Crippen LogP contribution >= 0.6 is 11.8 Å². The molecule has 2 heterocycles. The molecule has 1 N–H and O–H groups in total. The summed E-state index contributed by atoms with van der Waals surface area (Å²) in [6.45, 7) is 0. The van der Waals surface area contributed by atoms with E-state index in [1.807, 2.05) is 0 Å². The normalized spacial score (nSPS) is 11.2. The van der Waals surface area contributed by atoms with Gasteiger partial charge in [0.1, 0.15) is 5.52 Å². The largest absolute Gasteiger partial charge is 0.618 e. The molecule has 0 saturated carbocycles. The minimum atomic E-state index is -0.474. The molecule has 0 amide bonds. The molecule has 0 radical (unpaired) electrons. The van der Waals surface area contributed by atoms with Gasteiger partial charge in [0.25, 0.3) is 0 Å². The molecular formula is C11H8N4O2S. The van der Waals surface area contributed by atoms with Crippen LogP contribution in [0.25, 0.3) is 22.2 Å². The van der Waals surface area contributed by atoms with Gasteiger partial charge in [-0.05, 0) is 12.3 Å². The van der Waals surface area contributed by atoms with Crippen LogP contribution in [-0.2, 0) is 0 Å². The molecular weight excluding hydrogens is 252 g/mol. The summed E-state index contributed by atoms with van der Waals surface area (Å²) < 4.78 is 0.577. The number of nitrogens with zero attached hydrogens (tertiary/aromatic N) is 3. The summed E-state index contributed by atoms with van der Waals surface area (Å²) in [6.07, 6.45) is 1.79. The van der Waals surface area contributed by atoms with Crippen molar-refractivity contribution in [2.75, 3.05) is 6.26 Å². The number of H-pyrrole nitrogens is 1. The van der Waals surface area contributed by atoms with Crippen molar-refractivity contribution in [3.63, 3.8) is 0 Å². The molecule has 90 valence electrons. The topological polar surface area (TPSA) is 85.6 Å². The predicted molar refractivity (Wildman–Crippen MR) is 68.4 cm³/mol. The van der Waals surface area contributed by atoms with E-state index in [1.165, 1.54) is 11.8 Å². The zero-order chi connectivity index (χ0) is 12.7. The number of aromatic nitrogens is 4. The molecule has 7 heteroatoms. The average Bonchev–Trinajstić information content (AvgIpc) is 2.38. The van der Waals surface area contributed by atoms with Gasteiger partial charge in [-0.3, -0.25) is 9.78 Å². The van der Waals surface area contributed by atoms with Crippen molar-refractivity contribution in [2.45, 2.75) is 5.16 Å².